The molecule has 0 spiro atoms. The summed E-state index contributed by atoms with van der Waals surface area (Å²) in [5.74, 6) is 0.660. The third-order valence-electron chi connectivity index (χ3n) is 9.94. The highest BCUT2D eigenvalue weighted by Crippen LogP contribution is 2.36. The minimum absolute atomic E-state index is 0.0386. The molecular weight excluding hydrogens is 759 g/mol. The average Bonchev–Trinajstić information content (AvgIpc) is 3.52. The van der Waals surface area contributed by atoms with E-state index >= 15 is 0 Å². The van der Waals surface area contributed by atoms with E-state index in [1.54, 1.807) is 25.4 Å². The molecule has 3 aliphatic rings. The average molecular weight is 801 g/mol. The standard InChI is InChI=1S/C39H42ClN8O5PS/c1-53-31-19-24(11-12-28(31)44-39-41-20-27(40)36(46-39)43-29-8-4-5-9-32(29)54(2)3)47-17-15-23(16-18-47)42-35(50)22-55-33-10-6-7-25-26(33)21-48(38(25)52)30-13-14-34(49)45-37(30)51/h4-12,19-20,23,30H,13-18,21-22H2,1-3H3,(H,42,50)(H,45,49,51)(H2,41,43,44,46). The maximum Gasteiger partial charge on any atom is 0.255 e. The van der Waals surface area contributed by atoms with Gasteiger partial charge in [-0.05, 0) is 73.8 Å². The zero-order valence-corrected chi connectivity index (χ0v) is 33.2. The fourth-order valence-corrected chi connectivity index (χ4v) is 9.13. The predicted molar refractivity (Wildman–Crippen MR) is 218 cm³/mol. The van der Waals surface area contributed by atoms with Gasteiger partial charge in [-0.25, -0.2) is 4.98 Å². The molecule has 0 bridgehead atoms. The number of nitrogens with zero attached hydrogens (tertiary/aromatic N) is 4. The lowest BCUT2D eigenvalue weighted by Gasteiger charge is -2.34. The van der Waals surface area contributed by atoms with Crippen molar-refractivity contribution in [3.8, 4) is 5.75 Å². The van der Waals surface area contributed by atoms with Crippen LogP contribution in [0.4, 0.5) is 28.8 Å². The number of amides is 4. The first kappa shape index (κ1) is 38.4. The number of thioether (sulfide) groups is 1. The van der Waals surface area contributed by atoms with E-state index in [4.69, 9.17) is 16.3 Å². The molecule has 16 heteroatoms. The number of imide groups is 1. The molecule has 4 heterocycles. The van der Waals surface area contributed by atoms with Crippen molar-refractivity contribution in [3.05, 3.63) is 83.0 Å². The molecule has 4 N–H and O–H groups in total. The molecule has 4 amide bonds. The topological polar surface area (TPSA) is 158 Å². The fourth-order valence-electron chi connectivity index (χ4n) is 7.10. The minimum atomic E-state index is -0.681. The summed E-state index contributed by atoms with van der Waals surface area (Å²) >= 11 is 7.87. The molecule has 286 valence electrons. The molecule has 0 saturated carbocycles. The first-order valence-corrected chi connectivity index (χ1v) is 21.6. The van der Waals surface area contributed by atoms with E-state index in [1.165, 1.54) is 22.0 Å². The smallest absolute Gasteiger partial charge is 0.255 e. The number of piperidine rings is 2. The quantitative estimate of drug-likeness (QED) is 0.0800. The number of hydrogen-bond acceptors (Lipinski definition) is 11. The van der Waals surface area contributed by atoms with Crippen LogP contribution in [0.25, 0.3) is 0 Å². The number of ether oxygens (including phenoxy) is 1. The van der Waals surface area contributed by atoms with E-state index in [-0.39, 0.29) is 50.4 Å². The molecular formula is C39H42ClN8O5PS. The maximum atomic E-state index is 13.2. The second kappa shape index (κ2) is 16.8. The first-order chi connectivity index (χ1) is 26.6. The lowest BCUT2D eigenvalue weighted by atomic mass is 10.0. The third kappa shape index (κ3) is 8.66. The Bertz CT molecular complexity index is 2130. The lowest BCUT2D eigenvalue weighted by Crippen LogP contribution is -2.52. The van der Waals surface area contributed by atoms with Gasteiger partial charge in [-0.1, -0.05) is 43.8 Å². The molecule has 1 atom stereocenters. The summed E-state index contributed by atoms with van der Waals surface area (Å²) in [5, 5.41) is 13.8. The van der Waals surface area contributed by atoms with Crippen molar-refractivity contribution in [2.24, 2.45) is 0 Å². The van der Waals surface area contributed by atoms with Crippen LogP contribution in [0, 0.1) is 0 Å². The fraction of sp³-hybridized carbons (Fsp3) is 0.333. The molecule has 1 aromatic heterocycles. The zero-order valence-electron chi connectivity index (χ0n) is 30.7. The Morgan fingerprint density at radius 2 is 1.82 bits per heavy atom. The van der Waals surface area contributed by atoms with Gasteiger partial charge >= 0.3 is 0 Å². The van der Waals surface area contributed by atoms with E-state index < -0.39 is 11.9 Å². The molecule has 0 radical (unpaired) electrons. The van der Waals surface area contributed by atoms with Gasteiger partial charge in [0.1, 0.15) is 16.8 Å². The summed E-state index contributed by atoms with van der Waals surface area (Å²) in [6.07, 6.45) is 3.64. The highest BCUT2D eigenvalue weighted by Gasteiger charge is 2.40. The number of benzene rings is 3. The highest BCUT2D eigenvalue weighted by atomic mass is 35.5. The predicted octanol–water partition coefficient (Wildman–Crippen LogP) is 5.63. The summed E-state index contributed by atoms with van der Waals surface area (Å²) in [5.41, 5.74) is 4.03. The number of rotatable bonds is 12. The normalized spacial score (nSPS) is 17.3. The molecule has 2 fully saturated rings. The molecule has 3 aliphatic heterocycles. The maximum absolute atomic E-state index is 13.2. The van der Waals surface area contributed by atoms with Gasteiger partial charge in [0.05, 0.1) is 24.7 Å². The van der Waals surface area contributed by atoms with Crippen LogP contribution >= 0.6 is 31.3 Å². The summed E-state index contributed by atoms with van der Waals surface area (Å²) in [7, 11) is 1.29. The van der Waals surface area contributed by atoms with Crippen LogP contribution in [-0.4, -0.2) is 89.9 Å². The lowest BCUT2D eigenvalue weighted by molar-refractivity contribution is -0.137. The zero-order chi connectivity index (χ0) is 38.6. The summed E-state index contributed by atoms with van der Waals surface area (Å²) in [6.45, 7) is 6.19. The number of hydrogen-bond donors (Lipinski definition) is 4. The number of halogens is 1. The van der Waals surface area contributed by atoms with Gasteiger partial charge in [0, 0.05) is 60.0 Å². The number of anilines is 5. The molecule has 0 aliphatic carbocycles. The molecule has 2 saturated heterocycles. The molecule has 4 aromatic rings. The van der Waals surface area contributed by atoms with Crippen LogP contribution in [-0.2, 0) is 20.9 Å². The van der Waals surface area contributed by atoms with Crippen LogP contribution in [0.2, 0.25) is 5.02 Å². The van der Waals surface area contributed by atoms with E-state index in [0.29, 0.717) is 40.2 Å². The third-order valence-corrected chi connectivity index (χ3v) is 12.7. The van der Waals surface area contributed by atoms with E-state index in [9.17, 15) is 19.2 Å². The second-order valence-electron chi connectivity index (χ2n) is 13.7. The van der Waals surface area contributed by atoms with Crippen LogP contribution in [0.1, 0.15) is 41.6 Å². The number of carbonyl (C=O) groups is 4. The van der Waals surface area contributed by atoms with Gasteiger partial charge in [-0.15, -0.1) is 11.8 Å². The van der Waals surface area contributed by atoms with Gasteiger partial charge in [-0.3, -0.25) is 24.5 Å². The number of carbonyl (C=O) groups excluding carboxylic acids is 4. The Hall–Kier alpha value is -4.91. The molecule has 3 aromatic carbocycles. The Morgan fingerprint density at radius 1 is 1.02 bits per heavy atom. The first-order valence-electron chi connectivity index (χ1n) is 18.0. The minimum Gasteiger partial charge on any atom is -0.494 e. The summed E-state index contributed by atoms with van der Waals surface area (Å²) in [6, 6.07) is 18.9. The van der Waals surface area contributed by atoms with Crippen molar-refractivity contribution in [1.29, 1.82) is 0 Å². The van der Waals surface area contributed by atoms with E-state index in [2.05, 4.69) is 55.5 Å². The number of methoxy groups -OCH3 is 1. The van der Waals surface area contributed by atoms with Crippen molar-refractivity contribution >= 4 is 89.0 Å². The second-order valence-corrected chi connectivity index (χ2v) is 17.4. The van der Waals surface area contributed by atoms with E-state index in [0.717, 1.165) is 47.8 Å². The Labute approximate surface area is 330 Å². The van der Waals surface area contributed by atoms with Crippen molar-refractivity contribution in [2.45, 2.75) is 49.2 Å². The molecule has 1 unspecified atom stereocenters. The van der Waals surface area contributed by atoms with Gasteiger partial charge in [-0.2, -0.15) is 4.98 Å². The van der Waals surface area contributed by atoms with Gasteiger partial charge < -0.3 is 30.5 Å². The van der Waals surface area contributed by atoms with Crippen LogP contribution in [0.3, 0.4) is 0 Å². The van der Waals surface area contributed by atoms with Crippen LogP contribution in [0.15, 0.2) is 71.8 Å². The van der Waals surface area contributed by atoms with Gasteiger partial charge in [0.15, 0.2) is 5.82 Å². The summed E-state index contributed by atoms with van der Waals surface area (Å²) < 4.78 is 5.76. The molecule has 7 rings (SSSR count). The number of fused-ring (bicyclic) bond motifs is 1. The highest BCUT2D eigenvalue weighted by molar-refractivity contribution is 8.00. The van der Waals surface area contributed by atoms with Crippen molar-refractivity contribution in [2.75, 3.05) is 54.8 Å². The Kier molecular flexibility index (Phi) is 11.8. The van der Waals surface area contributed by atoms with Gasteiger partial charge in [0.25, 0.3) is 5.91 Å². The van der Waals surface area contributed by atoms with Crippen molar-refractivity contribution < 1.29 is 23.9 Å². The monoisotopic (exact) mass is 800 g/mol. The molecule has 55 heavy (non-hydrogen) atoms. The molecule has 13 nitrogen and oxygen atoms in total. The summed E-state index contributed by atoms with van der Waals surface area (Å²) in [4.78, 5) is 64.0. The number of nitrogens with one attached hydrogen (secondary N) is 4. The van der Waals surface area contributed by atoms with Gasteiger partial charge in [0.2, 0.25) is 23.7 Å². The Balaban J connectivity index is 0.916. The largest absolute Gasteiger partial charge is 0.494 e. The number of aromatic nitrogens is 2. The van der Waals surface area contributed by atoms with Crippen molar-refractivity contribution in [3.63, 3.8) is 0 Å². The van der Waals surface area contributed by atoms with Crippen LogP contribution in [0.5, 0.6) is 5.75 Å². The Morgan fingerprint density at radius 3 is 2.58 bits per heavy atom. The van der Waals surface area contributed by atoms with Crippen molar-refractivity contribution in [1.82, 2.24) is 25.5 Å². The SMILES string of the molecule is COc1cc(N2CCC(NC(=O)CSc3cccc4c3CN(C3CCC(=O)NC3=O)C4=O)CC2)ccc1Nc1ncc(Cl)c(Nc2ccccc2P(C)C)n1. The van der Waals surface area contributed by atoms with Crippen LogP contribution < -0.4 is 36.2 Å². The van der Waals surface area contributed by atoms with E-state index in [1.807, 2.05) is 42.5 Å². The number of para-hydroxylation sites is 1.